The van der Waals surface area contributed by atoms with Gasteiger partial charge in [-0.25, -0.2) is 0 Å². The lowest BCUT2D eigenvalue weighted by Gasteiger charge is -2.31. The van der Waals surface area contributed by atoms with Gasteiger partial charge in [0.2, 0.25) is 0 Å². The van der Waals surface area contributed by atoms with Crippen LogP contribution in [0.5, 0.6) is 0 Å². The molecule has 1 aromatic carbocycles. The smallest absolute Gasteiger partial charge is 0.308 e. The van der Waals surface area contributed by atoms with E-state index in [9.17, 15) is 9.59 Å². The fraction of sp³-hybridized carbons (Fsp3) is 0.429. The molecule has 0 radical (unpaired) electrons. The average Bonchev–Trinajstić information content (AvgIpc) is 2.41. The monoisotopic (exact) mass is 373 g/mol. The maximum atomic E-state index is 12.5. The van der Waals surface area contributed by atoms with E-state index in [1.807, 2.05) is 25.1 Å². The number of carbonyl (C=O) groups excluding carboxylic acids is 1. The van der Waals surface area contributed by atoms with Crippen LogP contribution in [0.3, 0.4) is 0 Å². The summed E-state index contributed by atoms with van der Waals surface area (Å²) in [7, 11) is 0. The molecule has 4 nitrogen and oxygen atoms in total. The molecule has 1 aliphatic rings. The van der Waals surface area contributed by atoms with Crippen LogP contribution in [0.1, 0.15) is 28.8 Å². The molecule has 5 heteroatoms. The van der Waals surface area contributed by atoms with E-state index >= 15 is 0 Å². The fourth-order valence-corrected chi connectivity index (χ4v) is 2.87. The zero-order valence-corrected chi connectivity index (χ0v) is 12.9. The van der Waals surface area contributed by atoms with Gasteiger partial charge in [-0.15, -0.1) is 0 Å². The van der Waals surface area contributed by atoms with Crippen molar-refractivity contribution in [2.45, 2.75) is 19.8 Å². The molecular formula is C14H16INO3. The van der Waals surface area contributed by atoms with Gasteiger partial charge in [-0.2, -0.15) is 0 Å². The summed E-state index contributed by atoms with van der Waals surface area (Å²) in [4.78, 5) is 25.2. The number of aliphatic carboxylic acids is 1. The van der Waals surface area contributed by atoms with Crippen LogP contribution in [0.25, 0.3) is 0 Å². The van der Waals surface area contributed by atoms with E-state index in [1.165, 1.54) is 0 Å². The molecule has 0 aliphatic carbocycles. The average molecular weight is 373 g/mol. The molecule has 0 saturated carbocycles. The Hall–Kier alpha value is -1.11. The Bertz CT molecular complexity index is 515. The normalized spacial score (nSPS) is 19.3. The summed E-state index contributed by atoms with van der Waals surface area (Å²) in [5, 5.41) is 9.07. The topological polar surface area (TPSA) is 57.6 Å². The molecule has 0 bridgehead atoms. The van der Waals surface area contributed by atoms with Crippen molar-refractivity contribution in [1.82, 2.24) is 4.90 Å². The van der Waals surface area contributed by atoms with Gasteiger partial charge in [0.05, 0.1) is 5.92 Å². The second-order valence-corrected chi connectivity index (χ2v) is 6.00. The molecule has 0 spiro atoms. The van der Waals surface area contributed by atoms with Crippen molar-refractivity contribution in [3.05, 3.63) is 32.9 Å². The van der Waals surface area contributed by atoms with Crippen LogP contribution in [0.4, 0.5) is 0 Å². The Morgan fingerprint density at radius 2 is 2.16 bits per heavy atom. The minimum absolute atomic E-state index is 0.0537. The first-order valence-electron chi connectivity index (χ1n) is 6.28. The van der Waals surface area contributed by atoms with Crippen LogP contribution in [-0.4, -0.2) is 35.0 Å². The van der Waals surface area contributed by atoms with Crippen LogP contribution < -0.4 is 0 Å². The van der Waals surface area contributed by atoms with Crippen molar-refractivity contribution < 1.29 is 14.7 Å². The van der Waals surface area contributed by atoms with Crippen LogP contribution in [0.15, 0.2) is 18.2 Å². The maximum absolute atomic E-state index is 12.5. The summed E-state index contributed by atoms with van der Waals surface area (Å²) in [5.41, 5.74) is 1.64. The van der Waals surface area contributed by atoms with Gasteiger partial charge in [0.25, 0.3) is 5.91 Å². The van der Waals surface area contributed by atoms with E-state index in [-0.39, 0.29) is 5.91 Å². The van der Waals surface area contributed by atoms with Gasteiger partial charge in [-0.3, -0.25) is 9.59 Å². The molecule has 1 N–H and O–H groups in total. The highest BCUT2D eigenvalue weighted by Gasteiger charge is 2.29. The zero-order chi connectivity index (χ0) is 14.0. The van der Waals surface area contributed by atoms with Crippen LogP contribution >= 0.6 is 22.6 Å². The van der Waals surface area contributed by atoms with E-state index in [0.29, 0.717) is 25.1 Å². The zero-order valence-electron chi connectivity index (χ0n) is 10.7. The van der Waals surface area contributed by atoms with Crippen molar-refractivity contribution in [3.8, 4) is 0 Å². The van der Waals surface area contributed by atoms with E-state index in [2.05, 4.69) is 22.6 Å². The molecule has 0 aromatic heterocycles. The third-order valence-corrected chi connectivity index (χ3v) is 4.72. The Balaban J connectivity index is 2.19. The van der Waals surface area contributed by atoms with Gasteiger partial charge in [-0.1, -0.05) is 6.07 Å². The number of amides is 1. The number of rotatable bonds is 2. The molecule has 2 rings (SSSR count). The highest BCUT2D eigenvalue weighted by molar-refractivity contribution is 14.1. The summed E-state index contributed by atoms with van der Waals surface area (Å²) in [5.74, 6) is -1.29. The third-order valence-electron chi connectivity index (χ3n) is 3.56. The van der Waals surface area contributed by atoms with Gasteiger partial charge in [0.15, 0.2) is 0 Å². The van der Waals surface area contributed by atoms with Crippen molar-refractivity contribution in [1.29, 1.82) is 0 Å². The first-order valence-corrected chi connectivity index (χ1v) is 7.35. The van der Waals surface area contributed by atoms with Crippen molar-refractivity contribution in [2.75, 3.05) is 13.1 Å². The highest BCUT2D eigenvalue weighted by Crippen LogP contribution is 2.22. The SMILES string of the molecule is Cc1c(I)cccc1C(=O)N1CCC[C@H](C(=O)O)C1. The summed E-state index contributed by atoms with van der Waals surface area (Å²) < 4.78 is 1.05. The number of benzene rings is 1. The minimum atomic E-state index is -0.808. The molecule has 1 amide bonds. The Morgan fingerprint density at radius 3 is 2.84 bits per heavy atom. The van der Waals surface area contributed by atoms with E-state index in [0.717, 1.165) is 15.6 Å². The van der Waals surface area contributed by atoms with Crippen LogP contribution in [0, 0.1) is 16.4 Å². The predicted molar refractivity (Wildman–Crippen MR) is 80.2 cm³/mol. The van der Waals surface area contributed by atoms with Gasteiger partial charge >= 0.3 is 5.97 Å². The van der Waals surface area contributed by atoms with Crippen molar-refractivity contribution >= 4 is 34.5 Å². The van der Waals surface area contributed by atoms with Gasteiger partial charge in [0, 0.05) is 22.2 Å². The van der Waals surface area contributed by atoms with Crippen molar-refractivity contribution in [2.24, 2.45) is 5.92 Å². The quantitative estimate of drug-likeness (QED) is 0.811. The lowest BCUT2D eigenvalue weighted by atomic mass is 9.97. The molecule has 1 aliphatic heterocycles. The number of hydrogen-bond donors (Lipinski definition) is 1. The summed E-state index contributed by atoms with van der Waals surface area (Å²) in [6.45, 7) is 2.89. The Kier molecular flexibility index (Phi) is 4.44. The minimum Gasteiger partial charge on any atom is -0.481 e. The first kappa shape index (κ1) is 14.3. The summed E-state index contributed by atoms with van der Waals surface area (Å²) in [6.07, 6.45) is 1.41. The number of carboxylic acids is 1. The Morgan fingerprint density at radius 1 is 1.42 bits per heavy atom. The number of hydrogen-bond acceptors (Lipinski definition) is 2. The van der Waals surface area contributed by atoms with E-state index < -0.39 is 11.9 Å². The van der Waals surface area contributed by atoms with Crippen LogP contribution in [0.2, 0.25) is 0 Å². The molecular weight excluding hydrogens is 357 g/mol. The highest BCUT2D eigenvalue weighted by atomic mass is 127. The van der Waals surface area contributed by atoms with Gasteiger partial charge in [-0.05, 0) is 60.1 Å². The number of carbonyl (C=O) groups is 2. The number of nitrogens with zero attached hydrogens (tertiary/aromatic N) is 1. The summed E-state index contributed by atoms with van der Waals surface area (Å²) >= 11 is 2.20. The van der Waals surface area contributed by atoms with Crippen molar-refractivity contribution in [3.63, 3.8) is 0 Å². The largest absolute Gasteiger partial charge is 0.481 e. The molecule has 1 atom stereocenters. The van der Waals surface area contributed by atoms with E-state index in [4.69, 9.17) is 5.11 Å². The first-order chi connectivity index (χ1) is 9.00. The molecule has 1 saturated heterocycles. The second-order valence-electron chi connectivity index (χ2n) is 4.84. The molecule has 0 unspecified atom stereocenters. The summed E-state index contributed by atoms with van der Waals surface area (Å²) in [6, 6.07) is 5.63. The Labute approximate surface area is 125 Å². The molecule has 1 fully saturated rings. The molecule has 102 valence electrons. The molecule has 1 aromatic rings. The third kappa shape index (κ3) is 3.08. The number of piperidine rings is 1. The molecule has 19 heavy (non-hydrogen) atoms. The maximum Gasteiger partial charge on any atom is 0.308 e. The number of carboxylic acid groups (broad SMARTS) is 1. The predicted octanol–water partition coefficient (Wildman–Crippen LogP) is 2.54. The number of likely N-dealkylation sites (tertiary alicyclic amines) is 1. The van der Waals surface area contributed by atoms with Gasteiger partial charge in [0.1, 0.15) is 0 Å². The fourth-order valence-electron chi connectivity index (χ4n) is 2.37. The lowest BCUT2D eigenvalue weighted by molar-refractivity contribution is -0.143. The van der Waals surface area contributed by atoms with E-state index in [1.54, 1.807) is 4.90 Å². The van der Waals surface area contributed by atoms with Crippen LogP contribution in [-0.2, 0) is 4.79 Å². The van der Waals surface area contributed by atoms with Gasteiger partial charge < -0.3 is 10.0 Å². The molecule has 1 heterocycles. The lowest BCUT2D eigenvalue weighted by Crippen LogP contribution is -2.42. The standard InChI is InChI=1S/C14H16INO3/c1-9-11(5-2-6-12(9)15)13(17)16-7-3-4-10(8-16)14(18)19/h2,5-6,10H,3-4,7-8H2,1H3,(H,18,19)/t10-/m0/s1. The second kappa shape index (κ2) is 5.90. The number of halogens is 1.